The number of hydrogen-bond donors (Lipinski definition) is 0. The van der Waals surface area contributed by atoms with Crippen LogP contribution in [0.25, 0.3) is 21.6 Å². The van der Waals surface area contributed by atoms with Crippen molar-refractivity contribution in [1.29, 1.82) is 0 Å². The second kappa shape index (κ2) is 6.93. The molecule has 2 aromatic heterocycles. The first kappa shape index (κ1) is 16.2. The van der Waals surface area contributed by atoms with Crippen molar-refractivity contribution in [3.63, 3.8) is 0 Å². The molecule has 2 heterocycles. The number of esters is 1. The van der Waals surface area contributed by atoms with E-state index in [1.807, 2.05) is 18.2 Å². The summed E-state index contributed by atoms with van der Waals surface area (Å²) in [5, 5.41) is 3.91. The molecule has 0 N–H and O–H groups in total. The van der Waals surface area contributed by atoms with Crippen LogP contribution >= 0.6 is 11.3 Å². The van der Waals surface area contributed by atoms with Crippen molar-refractivity contribution >= 4 is 27.5 Å². The molecule has 0 aliphatic rings. The van der Waals surface area contributed by atoms with Crippen LogP contribution in [0, 0.1) is 0 Å². The molecule has 0 aliphatic carbocycles. The molecular formula is C18H13N3O4S. The van der Waals surface area contributed by atoms with Crippen LogP contribution in [0.3, 0.4) is 0 Å². The van der Waals surface area contributed by atoms with E-state index >= 15 is 0 Å². The Kier molecular flexibility index (Phi) is 4.32. The summed E-state index contributed by atoms with van der Waals surface area (Å²) in [4.78, 5) is 20.6. The van der Waals surface area contributed by atoms with Crippen LogP contribution in [0.1, 0.15) is 16.2 Å². The summed E-state index contributed by atoms with van der Waals surface area (Å²) < 4.78 is 16.5. The molecule has 8 heteroatoms. The minimum Gasteiger partial charge on any atom is -0.497 e. The molecule has 0 amide bonds. The lowest BCUT2D eigenvalue weighted by Crippen LogP contribution is -2.05. The van der Waals surface area contributed by atoms with Crippen LogP contribution in [0.2, 0.25) is 0 Å². The maximum atomic E-state index is 12.2. The van der Waals surface area contributed by atoms with Gasteiger partial charge in [0.05, 0.1) is 28.4 Å². The highest BCUT2D eigenvalue weighted by atomic mass is 32.1. The quantitative estimate of drug-likeness (QED) is 0.497. The van der Waals surface area contributed by atoms with Crippen LogP contribution in [0.4, 0.5) is 0 Å². The zero-order valence-electron chi connectivity index (χ0n) is 13.7. The summed E-state index contributed by atoms with van der Waals surface area (Å²) in [5.41, 5.74) is 3.79. The summed E-state index contributed by atoms with van der Waals surface area (Å²) in [6.07, 6.45) is 0. The van der Waals surface area contributed by atoms with Gasteiger partial charge in [0.1, 0.15) is 5.75 Å². The number of rotatable bonds is 5. The van der Waals surface area contributed by atoms with Gasteiger partial charge in [-0.25, -0.2) is 9.78 Å². The van der Waals surface area contributed by atoms with Crippen LogP contribution in [0.5, 0.6) is 5.75 Å². The van der Waals surface area contributed by atoms with Gasteiger partial charge < -0.3 is 14.0 Å². The molecular weight excluding hydrogens is 354 g/mol. The molecule has 26 heavy (non-hydrogen) atoms. The van der Waals surface area contributed by atoms with E-state index in [4.69, 9.17) is 14.0 Å². The van der Waals surface area contributed by atoms with Crippen LogP contribution in [-0.4, -0.2) is 28.2 Å². The third-order valence-electron chi connectivity index (χ3n) is 3.69. The number of hydrogen-bond acceptors (Lipinski definition) is 8. The summed E-state index contributed by atoms with van der Waals surface area (Å²) in [6.45, 7) is -0.101. The van der Waals surface area contributed by atoms with Gasteiger partial charge in [-0.2, -0.15) is 4.98 Å². The number of ether oxygens (including phenoxy) is 2. The third-order valence-corrected chi connectivity index (χ3v) is 4.48. The van der Waals surface area contributed by atoms with Gasteiger partial charge in [0.15, 0.2) is 6.61 Å². The SMILES string of the molecule is COc1cccc(-c2noc(COC(=O)c3ccc4ncsc4c3)n2)c1. The van der Waals surface area contributed by atoms with Crippen molar-refractivity contribution in [1.82, 2.24) is 15.1 Å². The second-order valence-corrected chi connectivity index (χ2v) is 6.24. The molecule has 0 atom stereocenters. The van der Waals surface area contributed by atoms with E-state index < -0.39 is 5.97 Å². The largest absolute Gasteiger partial charge is 0.497 e. The number of methoxy groups -OCH3 is 1. The lowest BCUT2D eigenvalue weighted by molar-refractivity contribution is 0.0430. The first-order valence-electron chi connectivity index (χ1n) is 7.70. The molecule has 0 aliphatic heterocycles. The lowest BCUT2D eigenvalue weighted by atomic mass is 10.2. The topological polar surface area (TPSA) is 87.3 Å². The average Bonchev–Trinajstić information content (AvgIpc) is 3.34. The Morgan fingerprint density at radius 1 is 1.23 bits per heavy atom. The van der Waals surface area contributed by atoms with Crippen molar-refractivity contribution in [2.75, 3.05) is 7.11 Å². The number of fused-ring (bicyclic) bond motifs is 1. The van der Waals surface area contributed by atoms with Crippen molar-refractivity contribution in [2.24, 2.45) is 0 Å². The van der Waals surface area contributed by atoms with E-state index in [1.54, 1.807) is 36.9 Å². The molecule has 7 nitrogen and oxygen atoms in total. The number of nitrogens with zero attached hydrogens (tertiary/aromatic N) is 3. The minimum atomic E-state index is -0.457. The fourth-order valence-electron chi connectivity index (χ4n) is 2.39. The van der Waals surface area contributed by atoms with Gasteiger partial charge in [-0.1, -0.05) is 17.3 Å². The van der Waals surface area contributed by atoms with Crippen LogP contribution in [0.15, 0.2) is 52.5 Å². The zero-order valence-corrected chi connectivity index (χ0v) is 14.5. The van der Waals surface area contributed by atoms with Gasteiger partial charge in [0.25, 0.3) is 5.89 Å². The smallest absolute Gasteiger partial charge is 0.338 e. The number of benzene rings is 2. The maximum absolute atomic E-state index is 12.2. The monoisotopic (exact) mass is 367 g/mol. The van der Waals surface area contributed by atoms with Gasteiger partial charge in [0, 0.05) is 5.56 Å². The van der Waals surface area contributed by atoms with Crippen molar-refractivity contribution in [3.05, 3.63) is 59.4 Å². The number of carbonyl (C=O) groups is 1. The van der Waals surface area contributed by atoms with Gasteiger partial charge in [-0.3, -0.25) is 0 Å². The Morgan fingerprint density at radius 3 is 3.04 bits per heavy atom. The fourth-order valence-corrected chi connectivity index (χ4v) is 3.10. The van der Waals surface area contributed by atoms with E-state index in [1.165, 1.54) is 11.3 Å². The van der Waals surface area contributed by atoms with Crippen LogP contribution in [-0.2, 0) is 11.3 Å². The third kappa shape index (κ3) is 3.27. The predicted molar refractivity (Wildman–Crippen MR) is 95.0 cm³/mol. The second-order valence-electron chi connectivity index (χ2n) is 5.35. The van der Waals surface area contributed by atoms with E-state index in [9.17, 15) is 4.79 Å². The Labute approximate surface area is 152 Å². The number of aromatic nitrogens is 3. The highest BCUT2D eigenvalue weighted by Crippen LogP contribution is 2.22. The molecule has 2 aromatic carbocycles. The van der Waals surface area contributed by atoms with Gasteiger partial charge in [0.2, 0.25) is 5.82 Å². The molecule has 130 valence electrons. The lowest BCUT2D eigenvalue weighted by Gasteiger charge is -2.01. The molecule has 4 aromatic rings. The molecule has 4 rings (SSSR count). The van der Waals surface area contributed by atoms with E-state index in [0.29, 0.717) is 17.1 Å². The fraction of sp³-hybridized carbons (Fsp3) is 0.111. The first-order chi connectivity index (χ1) is 12.7. The normalized spacial score (nSPS) is 10.8. The van der Waals surface area contributed by atoms with Gasteiger partial charge in [-0.05, 0) is 30.3 Å². The highest BCUT2D eigenvalue weighted by molar-refractivity contribution is 7.16. The Balaban J connectivity index is 1.44. The molecule has 0 bridgehead atoms. The molecule has 0 saturated carbocycles. The maximum Gasteiger partial charge on any atom is 0.338 e. The predicted octanol–water partition coefficient (Wildman–Crippen LogP) is 3.71. The molecule has 0 spiro atoms. The standard InChI is InChI=1S/C18H13N3O4S/c1-23-13-4-2-3-11(7-13)17-20-16(25-21-17)9-24-18(22)12-5-6-14-15(8-12)26-10-19-14/h2-8,10H,9H2,1H3. The van der Waals surface area contributed by atoms with Crippen molar-refractivity contribution in [3.8, 4) is 17.1 Å². The molecule has 0 fully saturated rings. The summed E-state index contributed by atoms with van der Waals surface area (Å²) in [7, 11) is 1.59. The number of carbonyl (C=O) groups excluding carboxylic acids is 1. The Hall–Kier alpha value is -3.26. The molecule has 0 saturated heterocycles. The van der Waals surface area contributed by atoms with Crippen molar-refractivity contribution < 1.29 is 18.8 Å². The van der Waals surface area contributed by atoms with Gasteiger partial charge >= 0.3 is 5.97 Å². The molecule has 0 radical (unpaired) electrons. The minimum absolute atomic E-state index is 0.101. The Morgan fingerprint density at radius 2 is 2.15 bits per heavy atom. The first-order valence-corrected chi connectivity index (χ1v) is 8.58. The van der Waals surface area contributed by atoms with E-state index in [2.05, 4.69) is 15.1 Å². The highest BCUT2D eigenvalue weighted by Gasteiger charge is 2.13. The summed E-state index contributed by atoms with van der Waals surface area (Å²) in [6, 6.07) is 12.5. The average molecular weight is 367 g/mol. The Bertz CT molecular complexity index is 1070. The van der Waals surface area contributed by atoms with Gasteiger partial charge in [-0.15, -0.1) is 11.3 Å². The summed E-state index contributed by atoms with van der Waals surface area (Å²) >= 11 is 1.47. The van der Waals surface area contributed by atoms with E-state index in [-0.39, 0.29) is 12.5 Å². The zero-order chi connectivity index (χ0) is 17.9. The van der Waals surface area contributed by atoms with Crippen LogP contribution < -0.4 is 4.74 Å². The van der Waals surface area contributed by atoms with Crippen molar-refractivity contribution in [2.45, 2.75) is 6.61 Å². The van der Waals surface area contributed by atoms with E-state index in [0.717, 1.165) is 15.8 Å². The summed E-state index contributed by atoms with van der Waals surface area (Å²) in [5.74, 6) is 0.858. The molecule has 0 unspecified atom stereocenters. The number of thiazole rings is 1.